The molecule has 0 saturated heterocycles. The van der Waals surface area contributed by atoms with Gasteiger partial charge in [-0.2, -0.15) is 5.10 Å². The first-order valence-electron chi connectivity index (χ1n) is 12.5. The van der Waals surface area contributed by atoms with E-state index in [9.17, 15) is 14.9 Å². The second kappa shape index (κ2) is 14.5. The number of nitro groups is 1. The van der Waals surface area contributed by atoms with Crippen LogP contribution in [-0.4, -0.2) is 23.7 Å². The van der Waals surface area contributed by atoms with E-state index in [1.807, 2.05) is 0 Å². The lowest BCUT2D eigenvalue weighted by atomic mass is 10.1. The number of rotatable bonds is 15. The molecule has 0 atom stereocenters. The summed E-state index contributed by atoms with van der Waals surface area (Å²) in [4.78, 5) is 22.7. The Labute approximate surface area is 211 Å². The van der Waals surface area contributed by atoms with E-state index < -0.39 is 4.92 Å². The Morgan fingerprint density at radius 3 is 2.28 bits per heavy atom. The van der Waals surface area contributed by atoms with Crippen molar-refractivity contribution >= 4 is 17.8 Å². The lowest BCUT2D eigenvalue weighted by Crippen LogP contribution is -2.17. The first-order chi connectivity index (χ1) is 17.6. The molecule has 1 heterocycles. The standard InChI is InChI=1S/C28H33N3O5/c1-2-3-4-5-6-7-8-9-20-35-25-16-12-23(13-17-25)28(32)30-29-21-26-18-19-27(36-26)22-10-14-24(15-11-22)31(33)34/h10-19,21H,2-9,20H2,1H3,(H,30,32)/b29-21-. The number of benzene rings is 2. The van der Waals surface area contributed by atoms with Crippen molar-refractivity contribution in [3.8, 4) is 17.1 Å². The van der Waals surface area contributed by atoms with Crippen LogP contribution in [0.4, 0.5) is 5.69 Å². The van der Waals surface area contributed by atoms with E-state index in [1.165, 1.54) is 63.3 Å². The third-order valence-corrected chi connectivity index (χ3v) is 5.73. The molecule has 8 heteroatoms. The van der Waals surface area contributed by atoms with Gasteiger partial charge in [-0.15, -0.1) is 0 Å². The zero-order chi connectivity index (χ0) is 25.6. The van der Waals surface area contributed by atoms with Crippen LogP contribution < -0.4 is 10.2 Å². The maximum atomic E-state index is 12.3. The van der Waals surface area contributed by atoms with Crippen LogP contribution in [0.5, 0.6) is 5.75 Å². The van der Waals surface area contributed by atoms with Crippen molar-refractivity contribution in [3.05, 3.63) is 82.1 Å². The molecule has 0 bridgehead atoms. The lowest BCUT2D eigenvalue weighted by molar-refractivity contribution is -0.384. The Hall–Kier alpha value is -3.94. The van der Waals surface area contributed by atoms with E-state index in [2.05, 4.69) is 17.5 Å². The molecular weight excluding hydrogens is 458 g/mol. The fourth-order valence-corrected chi connectivity index (χ4v) is 3.67. The Morgan fingerprint density at radius 1 is 0.944 bits per heavy atom. The number of non-ortho nitro benzene ring substituents is 1. The molecule has 2 aromatic carbocycles. The molecule has 1 N–H and O–H groups in total. The highest BCUT2D eigenvalue weighted by atomic mass is 16.6. The summed E-state index contributed by atoms with van der Waals surface area (Å²) >= 11 is 0. The highest BCUT2D eigenvalue weighted by Gasteiger charge is 2.08. The van der Waals surface area contributed by atoms with Crippen LogP contribution in [0.25, 0.3) is 11.3 Å². The first-order valence-corrected chi connectivity index (χ1v) is 12.5. The Bertz CT molecular complexity index is 1120. The minimum atomic E-state index is -0.453. The Kier molecular flexibility index (Phi) is 10.7. The summed E-state index contributed by atoms with van der Waals surface area (Å²) < 4.78 is 11.4. The van der Waals surface area contributed by atoms with Gasteiger partial charge in [-0.05, 0) is 55.0 Å². The topological polar surface area (TPSA) is 107 Å². The van der Waals surface area contributed by atoms with E-state index in [4.69, 9.17) is 9.15 Å². The molecule has 190 valence electrons. The number of amides is 1. The van der Waals surface area contributed by atoms with Crippen molar-refractivity contribution in [1.29, 1.82) is 0 Å². The van der Waals surface area contributed by atoms with Crippen molar-refractivity contribution in [1.82, 2.24) is 5.43 Å². The van der Waals surface area contributed by atoms with E-state index in [1.54, 1.807) is 48.5 Å². The zero-order valence-corrected chi connectivity index (χ0v) is 20.7. The maximum absolute atomic E-state index is 12.3. The highest BCUT2D eigenvalue weighted by molar-refractivity contribution is 5.94. The van der Waals surface area contributed by atoms with Gasteiger partial charge < -0.3 is 9.15 Å². The number of nitrogens with zero attached hydrogens (tertiary/aromatic N) is 2. The van der Waals surface area contributed by atoms with Gasteiger partial charge in [0, 0.05) is 23.3 Å². The molecule has 3 aromatic rings. The second-order valence-corrected chi connectivity index (χ2v) is 8.55. The van der Waals surface area contributed by atoms with Gasteiger partial charge in [-0.1, -0.05) is 51.9 Å². The van der Waals surface area contributed by atoms with Crippen molar-refractivity contribution in [2.45, 2.75) is 58.3 Å². The lowest BCUT2D eigenvalue weighted by Gasteiger charge is -2.07. The molecule has 0 unspecified atom stereocenters. The van der Waals surface area contributed by atoms with Crippen LogP contribution in [0.15, 0.2) is 70.2 Å². The number of hydrogen-bond acceptors (Lipinski definition) is 6. The number of carbonyl (C=O) groups is 1. The van der Waals surface area contributed by atoms with Gasteiger partial charge in [0.05, 0.1) is 17.7 Å². The summed E-state index contributed by atoms with van der Waals surface area (Å²) in [6, 6.07) is 16.5. The van der Waals surface area contributed by atoms with E-state index >= 15 is 0 Å². The van der Waals surface area contributed by atoms with Gasteiger partial charge in [0.15, 0.2) is 0 Å². The SMILES string of the molecule is CCCCCCCCCCOc1ccc(C(=O)N/N=C\c2ccc(-c3ccc([N+](=O)[O-])cc3)o2)cc1. The molecule has 1 aromatic heterocycles. The fourth-order valence-electron chi connectivity index (χ4n) is 3.67. The molecule has 1 amide bonds. The normalized spacial score (nSPS) is 11.0. The number of hydrazone groups is 1. The Balaban J connectivity index is 1.38. The van der Waals surface area contributed by atoms with E-state index in [0.717, 1.165) is 12.2 Å². The number of carbonyl (C=O) groups excluding carboxylic acids is 1. The van der Waals surface area contributed by atoms with Crippen molar-refractivity contribution in [2.75, 3.05) is 6.61 Å². The van der Waals surface area contributed by atoms with Crippen molar-refractivity contribution < 1.29 is 18.9 Å². The predicted octanol–water partition coefficient (Wildman–Crippen LogP) is 7.14. The molecule has 3 rings (SSSR count). The molecule has 0 aliphatic rings. The first kappa shape index (κ1) is 26.7. The largest absolute Gasteiger partial charge is 0.494 e. The number of hydrogen-bond donors (Lipinski definition) is 1. The minimum absolute atomic E-state index is 0.0119. The molecule has 0 aliphatic heterocycles. The number of ether oxygens (including phenoxy) is 1. The van der Waals surface area contributed by atoms with Crippen LogP contribution in [0.1, 0.15) is 74.4 Å². The van der Waals surface area contributed by atoms with Crippen LogP contribution >= 0.6 is 0 Å². The molecule has 0 spiro atoms. The summed E-state index contributed by atoms with van der Waals surface area (Å²) in [6.45, 7) is 2.91. The molecule has 0 radical (unpaired) electrons. The summed E-state index contributed by atoms with van der Waals surface area (Å²) in [5.74, 6) is 1.38. The number of furan rings is 1. The smallest absolute Gasteiger partial charge is 0.271 e. The van der Waals surface area contributed by atoms with Gasteiger partial charge >= 0.3 is 0 Å². The Morgan fingerprint density at radius 2 is 1.61 bits per heavy atom. The molecule has 8 nitrogen and oxygen atoms in total. The number of nitro benzene ring substituents is 1. The maximum Gasteiger partial charge on any atom is 0.271 e. The van der Waals surface area contributed by atoms with Gasteiger partial charge in [-0.25, -0.2) is 5.43 Å². The monoisotopic (exact) mass is 491 g/mol. The van der Waals surface area contributed by atoms with Crippen LogP contribution in [-0.2, 0) is 0 Å². The quantitative estimate of drug-likeness (QED) is 0.105. The van der Waals surface area contributed by atoms with Crippen LogP contribution in [0, 0.1) is 10.1 Å². The van der Waals surface area contributed by atoms with Crippen LogP contribution in [0.3, 0.4) is 0 Å². The number of nitrogens with one attached hydrogen (secondary N) is 1. The van der Waals surface area contributed by atoms with E-state index in [0.29, 0.717) is 29.3 Å². The third-order valence-electron chi connectivity index (χ3n) is 5.73. The van der Waals surface area contributed by atoms with E-state index in [-0.39, 0.29) is 11.6 Å². The van der Waals surface area contributed by atoms with Crippen molar-refractivity contribution in [3.63, 3.8) is 0 Å². The van der Waals surface area contributed by atoms with Crippen molar-refractivity contribution in [2.24, 2.45) is 5.10 Å². The molecule has 0 aliphatic carbocycles. The van der Waals surface area contributed by atoms with Gasteiger partial charge in [-0.3, -0.25) is 14.9 Å². The summed E-state index contributed by atoms with van der Waals surface area (Å²) in [5.41, 5.74) is 3.66. The second-order valence-electron chi connectivity index (χ2n) is 8.55. The summed E-state index contributed by atoms with van der Waals surface area (Å²) in [7, 11) is 0. The highest BCUT2D eigenvalue weighted by Crippen LogP contribution is 2.24. The fraction of sp³-hybridized carbons (Fsp3) is 0.357. The van der Waals surface area contributed by atoms with Gasteiger partial charge in [0.1, 0.15) is 17.3 Å². The zero-order valence-electron chi connectivity index (χ0n) is 20.7. The summed E-state index contributed by atoms with van der Waals surface area (Å²) in [6.07, 6.45) is 11.4. The number of unbranched alkanes of at least 4 members (excludes halogenated alkanes) is 7. The summed E-state index contributed by atoms with van der Waals surface area (Å²) in [5, 5.41) is 14.7. The van der Waals surface area contributed by atoms with Gasteiger partial charge in [0.25, 0.3) is 11.6 Å². The third kappa shape index (κ3) is 8.69. The van der Waals surface area contributed by atoms with Gasteiger partial charge in [0.2, 0.25) is 0 Å². The predicted molar refractivity (Wildman–Crippen MR) is 140 cm³/mol. The average molecular weight is 492 g/mol. The molecule has 36 heavy (non-hydrogen) atoms. The minimum Gasteiger partial charge on any atom is -0.494 e. The van der Waals surface area contributed by atoms with Crippen LogP contribution in [0.2, 0.25) is 0 Å². The molecule has 0 fully saturated rings. The average Bonchev–Trinajstić information content (AvgIpc) is 3.37. The molecular formula is C28H33N3O5. The molecule has 0 saturated carbocycles.